The Morgan fingerprint density at radius 1 is 1.50 bits per heavy atom. The predicted octanol–water partition coefficient (Wildman–Crippen LogP) is 1.87. The van der Waals surface area contributed by atoms with Gasteiger partial charge >= 0.3 is 5.97 Å². The van der Waals surface area contributed by atoms with Crippen LogP contribution in [0, 0.1) is 5.92 Å². The lowest BCUT2D eigenvalue weighted by Crippen LogP contribution is -2.43. The van der Waals surface area contributed by atoms with E-state index in [9.17, 15) is 14.7 Å². The molecule has 1 aliphatic carbocycles. The lowest BCUT2D eigenvalue weighted by Gasteiger charge is -2.15. The van der Waals surface area contributed by atoms with Crippen molar-refractivity contribution in [2.24, 2.45) is 5.92 Å². The van der Waals surface area contributed by atoms with E-state index in [4.69, 9.17) is 16.3 Å². The van der Waals surface area contributed by atoms with Crippen molar-refractivity contribution in [3.63, 3.8) is 0 Å². The first-order valence-corrected chi connectivity index (χ1v) is 6.74. The van der Waals surface area contributed by atoms with Gasteiger partial charge in [-0.15, -0.1) is 0 Å². The van der Waals surface area contributed by atoms with Crippen LogP contribution in [0.3, 0.4) is 0 Å². The smallest absolute Gasteiger partial charge is 0.326 e. The summed E-state index contributed by atoms with van der Waals surface area (Å²) >= 11 is 6.00. The molecule has 0 radical (unpaired) electrons. The minimum Gasteiger partial charge on any atom is -0.495 e. The zero-order valence-electron chi connectivity index (χ0n) is 11.1. The van der Waals surface area contributed by atoms with Crippen LogP contribution < -0.4 is 10.1 Å². The van der Waals surface area contributed by atoms with Crippen LogP contribution in [-0.2, 0) is 16.0 Å². The third-order valence-electron chi connectivity index (χ3n) is 3.22. The number of methoxy groups -OCH3 is 1. The van der Waals surface area contributed by atoms with Gasteiger partial charge in [-0.2, -0.15) is 0 Å². The standard InChI is InChI=1S/C14H16ClNO4/c1-20-12-5-2-8(6-10(12)15)7-11(14(18)19)16-13(17)9-3-4-9/h2,5-6,9,11H,3-4,7H2,1H3,(H,16,17)(H,18,19)/t11-/m0/s1. The predicted molar refractivity (Wildman–Crippen MR) is 74.0 cm³/mol. The van der Waals surface area contributed by atoms with Gasteiger partial charge in [-0.1, -0.05) is 17.7 Å². The van der Waals surface area contributed by atoms with Crippen LogP contribution in [0.2, 0.25) is 5.02 Å². The molecule has 0 bridgehead atoms. The molecule has 5 nitrogen and oxygen atoms in total. The molecule has 1 aromatic rings. The van der Waals surface area contributed by atoms with Crippen molar-refractivity contribution in [2.45, 2.75) is 25.3 Å². The number of halogens is 1. The molecule has 108 valence electrons. The van der Waals surface area contributed by atoms with Crippen LogP contribution in [0.1, 0.15) is 18.4 Å². The van der Waals surface area contributed by atoms with Gasteiger partial charge in [0.25, 0.3) is 0 Å². The monoisotopic (exact) mass is 297 g/mol. The molecule has 0 unspecified atom stereocenters. The summed E-state index contributed by atoms with van der Waals surface area (Å²) in [5.41, 5.74) is 0.735. The summed E-state index contributed by atoms with van der Waals surface area (Å²) in [6, 6.07) is 4.13. The zero-order valence-corrected chi connectivity index (χ0v) is 11.8. The summed E-state index contributed by atoms with van der Waals surface area (Å²) in [6.07, 6.45) is 1.87. The fourth-order valence-corrected chi connectivity index (χ4v) is 2.19. The van der Waals surface area contributed by atoms with E-state index in [1.165, 1.54) is 7.11 Å². The summed E-state index contributed by atoms with van der Waals surface area (Å²) < 4.78 is 5.04. The second kappa shape index (κ2) is 6.13. The zero-order chi connectivity index (χ0) is 14.7. The van der Waals surface area contributed by atoms with Gasteiger partial charge < -0.3 is 15.2 Å². The topological polar surface area (TPSA) is 75.6 Å². The van der Waals surface area contributed by atoms with Crippen LogP contribution in [-0.4, -0.2) is 30.1 Å². The molecular weight excluding hydrogens is 282 g/mol. The van der Waals surface area contributed by atoms with Crippen LogP contribution in [0.5, 0.6) is 5.75 Å². The Hall–Kier alpha value is -1.75. The number of carbonyl (C=O) groups is 2. The largest absolute Gasteiger partial charge is 0.495 e. The van der Waals surface area contributed by atoms with E-state index in [1.807, 2.05) is 0 Å². The fourth-order valence-electron chi connectivity index (χ4n) is 1.91. The Morgan fingerprint density at radius 3 is 2.70 bits per heavy atom. The van der Waals surface area contributed by atoms with Gasteiger partial charge in [0.2, 0.25) is 5.91 Å². The molecule has 2 rings (SSSR count). The number of aliphatic carboxylic acids is 1. The Bertz CT molecular complexity index is 528. The van der Waals surface area contributed by atoms with Crippen molar-refractivity contribution in [3.05, 3.63) is 28.8 Å². The van der Waals surface area contributed by atoms with Crippen LogP contribution >= 0.6 is 11.6 Å². The van der Waals surface area contributed by atoms with Crippen molar-refractivity contribution < 1.29 is 19.4 Å². The van der Waals surface area contributed by atoms with Gasteiger partial charge in [-0.3, -0.25) is 4.79 Å². The van der Waals surface area contributed by atoms with E-state index in [2.05, 4.69) is 5.32 Å². The SMILES string of the molecule is COc1ccc(C[C@H](NC(=O)C2CC2)C(=O)O)cc1Cl. The summed E-state index contributed by atoms with van der Waals surface area (Å²) in [6.45, 7) is 0. The highest BCUT2D eigenvalue weighted by Gasteiger charge is 2.32. The third kappa shape index (κ3) is 3.63. The summed E-state index contributed by atoms with van der Waals surface area (Å²) in [5.74, 6) is -0.719. The highest BCUT2D eigenvalue weighted by Crippen LogP contribution is 2.29. The van der Waals surface area contributed by atoms with Crippen molar-refractivity contribution in [2.75, 3.05) is 7.11 Å². The van der Waals surface area contributed by atoms with E-state index < -0.39 is 12.0 Å². The minimum atomic E-state index is -1.05. The van der Waals surface area contributed by atoms with Gasteiger partial charge in [0.15, 0.2) is 0 Å². The molecule has 1 aliphatic rings. The second-order valence-corrected chi connectivity index (χ2v) is 5.25. The van der Waals surface area contributed by atoms with E-state index in [-0.39, 0.29) is 18.2 Å². The molecule has 1 saturated carbocycles. The first-order chi connectivity index (χ1) is 9.51. The number of carboxylic acids is 1. The highest BCUT2D eigenvalue weighted by molar-refractivity contribution is 6.32. The molecule has 20 heavy (non-hydrogen) atoms. The number of amides is 1. The van der Waals surface area contributed by atoms with Crippen molar-refractivity contribution in [1.29, 1.82) is 0 Å². The number of carboxylic acid groups (broad SMARTS) is 1. The van der Waals surface area contributed by atoms with Gasteiger partial charge in [0, 0.05) is 12.3 Å². The molecule has 0 heterocycles. The van der Waals surface area contributed by atoms with Crippen molar-refractivity contribution in [3.8, 4) is 5.75 Å². The van der Waals surface area contributed by atoms with Crippen molar-refractivity contribution >= 4 is 23.5 Å². The fraction of sp³-hybridized carbons (Fsp3) is 0.429. The van der Waals surface area contributed by atoms with Gasteiger partial charge in [0.1, 0.15) is 11.8 Å². The quantitative estimate of drug-likeness (QED) is 0.840. The average molecular weight is 298 g/mol. The van der Waals surface area contributed by atoms with Gasteiger partial charge in [0.05, 0.1) is 12.1 Å². The maximum absolute atomic E-state index is 11.7. The number of rotatable bonds is 6. The number of carbonyl (C=O) groups excluding carboxylic acids is 1. The molecule has 1 amide bonds. The van der Waals surface area contributed by atoms with E-state index in [1.54, 1.807) is 18.2 Å². The Balaban J connectivity index is 2.05. The molecule has 0 saturated heterocycles. The molecule has 2 N–H and O–H groups in total. The average Bonchev–Trinajstić information content (AvgIpc) is 3.22. The molecule has 0 aliphatic heterocycles. The van der Waals surface area contributed by atoms with Gasteiger partial charge in [-0.05, 0) is 30.5 Å². The Labute approximate surface area is 121 Å². The van der Waals surface area contributed by atoms with E-state index in [0.717, 1.165) is 18.4 Å². The summed E-state index contributed by atoms with van der Waals surface area (Å²) in [5, 5.41) is 12.2. The lowest BCUT2D eigenvalue weighted by atomic mass is 10.1. The van der Waals surface area contributed by atoms with Gasteiger partial charge in [-0.25, -0.2) is 4.79 Å². The molecule has 1 atom stereocenters. The third-order valence-corrected chi connectivity index (χ3v) is 3.51. The number of benzene rings is 1. The van der Waals surface area contributed by atoms with Crippen LogP contribution in [0.4, 0.5) is 0 Å². The molecule has 1 aromatic carbocycles. The van der Waals surface area contributed by atoms with Crippen molar-refractivity contribution in [1.82, 2.24) is 5.32 Å². The molecule has 0 spiro atoms. The summed E-state index contributed by atoms with van der Waals surface area (Å²) in [7, 11) is 1.51. The normalized spacial score (nSPS) is 15.5. The number of ether oxygens (including phenoxy) is 1. The Morgan fingerprint density at radius 2 is 2.20 bits per heavy atom. The van der Waals surface area contributed by atoms with Crippen LogP contribution in [0.25, 0.3) is 0 Å². The first kappa shape index (κ1) is 14.7. The van der Waals surface area contributed by atoms with E-state index in [0.29, 0.717) is 10.8 Å². The molecular formula is C14H16ClNO4. The first-order valence-electron chi connectivity index (χ1n) is 6.37. The lowest BCUT2D eigenvalue weighted by molar-refractivity contribution is -0.142. The second-order valence-electron chi connectivity index (χ2n) is 4.85. The highest BCUT2D eigenvalue weighted by atomic mass is 35.5. The summed E-state index contributed by atoms with van der Waals surface area (Å²) in [4.78, 5) is 22.9. The molecule has 1 fully saturated rings. The maximum Gasteiger partial charge on any atom is 0.326 e. The molecule has 6 heteroatoms. The number of hydrogen-bond donors (Lipinski definition) is 2. The maximum atomic E-state index is 11.7. The molecule has 0 aromatic heterocycles. The minimum absolute atomic E-state index is 0.0173. The van der Waals surface area contributed by atoms with Crippen LogP contribution in [0.15, 0.2) is 18.2 Å². The number of nitrogens with one attached hydrogen (secondary N) is 1. The van der Waals surface area contributed by atoms with E-state index >= 15 is 0 Å². The number of hydrogen-bond acceptors (Lipinski definition) is 3. The Kier molecular flexibility index (Phi) is 4.49.